The zero-order valence-corrected chi connectivity index (χ0v) is 16.2. The number of carbonyl (C=O) groups excluding carboxylic acids is 2. The van der Waals surface area contributed by atoms with Crippen molar-refractivity contribution in [2.45, 2.75) is 6.04 Å². The number of amides is 1. The summed E-state index contributed by atoms with van der Waals surface area (Å²) in [4.78, 5) is 27.2. The van der Waals surface area contributed by atoms with E-state index >= 15 is 0 Å². The van der Waals surface area contributed by atoms with Crippen LogP contribution in [0.25, 0.3) is 16.5 Å². The second kappa shape index (κ2) is 7.25. The summed E-state index contributed by atoms with van der Waals surface area (Å²) in [5.74, 6) is -2.11. The first-order valence-corrected chi connectivity index (χ1v) is 9.64. The van der Waals surface area contributed by atoms with Gasteiger partial charge in [0.1, 0.15) is 23.4 Å². The Morgan fingerprint density at radius 3 is 2.35 bits per heavy atom. The third-order valence-electron chi connectivity index (χ3n) is 5.38. The zero-order chi connectivity index (χ0) is 21.5. The van der Waals surface area contributed by atoms with Crippen molar-refractivity contribution in [3.63, 3.8) is 0 Å². The number of hydrogen-bond donors (Lipinski definition) is 1. The van der Waals surface area contributed by atoms with Crippen LogP contribution in [0.1, 0.15) is 17.4 Å². The van der Waals surface area contributed by atoms with E-state index in [1.54, 1.807) is 24.3 Å². The topological polar surface area (TPSA) is 70.8 Å². The van der Waals surface area contributed by atoms with Crippen LogP contribution in [0.5, 0.6) is 0 Å². The van der Waals surface area contributed by atoms with Crippen LogP contribution in [-0.2, 0) is 9.59 Å². The lowest BCUT2D eigenvalue weighted by molar-refractivity contribution is -0.132. The van der Waals surface area contributed by atoms with E-state index in [-0.39, 0.29) is 11.3 Å². The van der Waals surface area contributed by atoms with Crippen molar-refractivity contribution in [3.8, 4) is 0 Å². The minimum atomic E-state index is -0.980. The third kappa shape index (κ3) is 3.09. The number of carbonyl (C=O) groups is 2. The van der Waals surface area contributed by atoms with Crippen molar-refractivity contribution >= 4 is 33.9 Å². The summed E-state index contributed by atoms with van der Waals surface area (Å²) in [6, 6.07) is 20.4. The van der Waals surface area contributed by atoms with E-state index < -0.39 is 23.5 Å². The highest BCUT2D eigenvalue weighted by atomic mass is 19.1. The van der Waals surface area contributed by atoms with Gasteiger partial charge in [-0.2, -0.15) is 0 Å². The van der Waals surface area contributed by atoms with E-state index in [9.17, 15) is 19.1 Å². The molecule has 1 N–H and O–H groups in total. The number of nitrogens with zero attached hydrogens (tertiary/aromatic N) is 1. The highest BCUT2D eigenvalue weighted by Crippen LogP contribution is 2.42. The van der Waals surface area contributed by atoms with Crippen LogP contribution in [0.4, 0.5) is 10.1 Å². The molecule has 0 bridgehead atoms. The molecule has 152 valence electrons. The molecule has 1 atom stereocenters. The number of furan rings is 1. The lowest BCUT2D eigenvalue weighted by Crippen LogP contribution is -2.29. The van der Waals surface area contributed by atoms with Gasteiger partial charge in [-0.15, -0.1) is 0 Å². The second-order valence-corrected chi connectivity index (χ2v) is 7.22. The molecule has 1 aliphatic rings. The smallest absolute Gasteiger partial charge is 0.300 e. The fourth-order valence-corrected chi connectivity index (χ4v) is 3.91. The predicted molar refractivity (Wildman–Crippen MR) is 114 cm³/mol. The summed E-state index contributed by atoms with van der Waals surface area (Å²) in [5, 5.41) is 13.0. The van der Waals surface area contributed by atoms with E-state index in [0.717, 1.165) is 10.8 Å². The third-order valence-corrected chi connectivity index (χ3v) is 5.38. The molecule has 1 amide bonds. The highest BCUT2D eigenvalue weighted by molar-refractivity contribution is 6.51. The zero-order valence-electron chi connectivity index (χ0n) is 16.2. The molecule has 1 saturated heterocycles. The maximum atomic E-state index is 13.4. The monoisotopic (exact) mass is 413 g/mol. The number of rotatable bonds is 3. The van der Waals surface area contributed by atoms with Gasteiger partial charge in [-0.3, -0.25) is 14.5 Å². The van der Waals surface area contributed by atoms with E-state index in [0.29, 0.717) is 17.0 Å². The molecule has 1 fully saturated rings. The molecule has 1 aromatic heterocycles. The summed E-state index contributed by atoms with van der Waals surface area (Å²) in [5.41, 5.74) is 0.648. The fraction of sp³-hybridized carbons (Fsp3) is 0.0400. The number of fused-ring (bicyclic) bond motifs is 1. The Morgan fingerprint density at radius 2 is 1.65 bits per heavy atom. The Bertz CT molecular complexity index is 1340. The Kier molecular flexibility index (Phi) is 4.40. The number of benzene rings is 3. The summed E-state index contributed by atoms with van der Waals surface area (Å²) in [6.07, 6.45) is 1.43. The number of hydrogen-bond acceptors (Lipinski definition) is 4. The number of aliphatic hydroxyl groups excluding tert-OH is 1. The van der Waals surface area contributed by atoms with Gasteiger partial charge in [0.25, 0.3) is 11.7 Å². The molecule has 5 rings (SSSR count). The molecule has 2 heterocycles. The van der Waals surface area contributed by atoms with Crippen LogP contribution in [-0.4, -0.2) is 16.8 Å². The molecule has 0 radical (unpaired) electrons. The Morgan fingerprint density at radius 1 is 0.903 bits per heavy atom. The van der Waals surface area contributed by atoms with E-state index in [2.05, 4.69) is 0 Å². The molecule has 4 aromatic rings. The largest absolute Gasteiger partial charge is 0.507 e. The van der Waals surface area contributed by atoms with Crippen molar-refractivity contribution in [1.29, 1.82) is 0 Å². The predicted octanol–water partition coefficient (Wildman–Crippen LogP) is 5.20. The van der Waals surface area contributed by atoms with Crippen molar-refractivity contribution in [1.82, 2.24) is 0 Å². The van der Waals surface area contributed by atoms with Gasteiger partial charge in [-0.05, 0) is 53.2 Å². The fourth-order valence-electron chi connectivity index (χ4n) is 3.91. The number of ketones is 1. The first kappa shape index (κ1) is 18.8. The highest BCUT2D eigenvalue weighted by Gasteiger charge is 2.48. The van der Waals surface area contributed by atoms with Gasteiger partial charge < -0.3 is 9.52 Å². The van der Waals surface area contributed by atoms with Crippen LogP contribution in [0, 0.1) is 5.82 Å². The van der Waals surface area contributed by atoms with Gasteiger partial charge in [0.2, 0.25) is 0 Å². The molecule has 0 spiro atoms. The van der Waals surface area contributed by atoms with Crippen LogP contribution in [0.15, 0.2) is 95.1 Å². The van der Waals surface area contributed by atoms with E-state index in [1.165, 1.54) is 35.4 Å². The second-order valence-electron chi connectivity index (χ2n) is 7.22. The lowest BCUT2D eigenvalue weighted by atomic mass is 9.97. The lowest BCUT2D eigenvalue weighted by Gasteiger charge is -2.23. The molecule has 31 heavy (non-hydrogen) atoms. The molecule has 3 aromatic carbocycles. The summed E-state index contributed by atoms with van der Waals surface area (Å²) in [6.45, 7) is 0. The van der Waals surface area contributed by atoms with Gasteiger partial charge in [-0.1, -0.05) is 36.4 Å². The maximum absolute atomic E-state index is 13.4. The van der Waals surface area contributed by atoms with Crippen molar-refractivity contribution in [3.05, 3.63) is 108 Å². The van der Waals surface area contributed by atoms with Gasteiger partial charge in [0.05, 0.1) is 11.8 Å². The number of anilines is 1. The van der Waals surface area contributed by atoms with Crippen LogP contribution < -0.4 is 4.90 Å². The van der Waals surface area contributed by atoms with Crippen LogP contribution >= 0.6 is 0 Å². The van der Waals surface area contributed by atoms with Crippen LogP contribution in [0.2, 0.25) is 0 Å². The molecular formula is C25H16FNO4. The molecule has 0 saturated carbocycles. The number of Topliss-reactive ketones (excluding diaryl/α,β-unsaturated/α-hetero) is 1. The van der Waals surface area contributed by atoms with Crippen molar-refractivity contribution < 1.29 is 23.5 Å². The minimum Gasteiger partial charge on any atom is -0.507 e. The van der Waals surface area contributed by atoms with Crippen molar-refractivity contribution in [2.24, 2.45) is 0 Å². The van der Waals surface area contributed by atoms with E-state index in [1.807, 2.05) is 30.3 Å². The van der Waals surface area contributed by atoms with Crippen LogP contribution in [0.3, 0.4) is 0 Å². The van der Waals surface area contributed by atoms with Gasteiger partial charge in [-0.25, -0.2) is 4.39 Å². The normalized spacial score (nSPS) is 18.1. The molecule has 6 heteroatoms. The summed E-state index contributed by atoms with van der Waals surface area (Å²) in [7, 11) is 0. The average molecular weight is 413 g/mol. The number of aliphatic hydroxyl groups is 1. The molecule has 0 aliphatic carbocycles. The SMILES string of the molecule is O=C1C(=O)N(c2ccc(F)cc2)C(c2ccco2)/C1=C(/O)c1ccc2ccccc2c1. The van der Waals surface area contributed by atoms with Gasteiger partial charge in [0, 0.05) is 11.3 Å². The molecule has 5 nitrogen and oxygen atoms in total. The first-order chi connectivity index (χ1) is 15.0. The maximum Gasteiger partial charge on any atom is 0.300 e. The Balaban J connectivity index is 1.70. The van der Waals surface area contributed by atoms with Gasteiger partial charge >= 0.3 is 0 Å². The van der Waals surface area contributed by atoms with E-state index in [4.69, 9.17) is 4.42 Å². The Hall–Kier alpha value is -4.19. The summed E-state index contributed by atoms with van der Waals surface area (Å²) < 4.78 is 18.9. The Labute approximate surface area is 176 Å². The summed E-state index contributed by atoms with van der Waals surface area (Å²) >= 11 is 0. The average Bonchev–Trinajstić information content (AvgIpc) is 3.41. The molecule has 1 aliphatic heterocycles. The standard InChI is InChI=1S/C25H16FNO4/c26-18-9-11-19(12-10-18)27-22(20-6-3-13-31-20)21(24(29)25(27)30)23(28)17-8-7-15-4-1-2-5-16(15)14-17/h1-14,22,28H/b23-21-. The quantitative estimate of drug-likeness (QED) is 0.285. The van der Waals surface area contributed by atoms with Gasteiger partial charge in [0.15, 0.2) is 0 Å². The van der Waals surface area contributed by atoms with Crippen molar-refractivity contribution in [2.75, 3.05) is 4.90 Å². The first-order valence-electron chi connectivity index (χ1n) is 9.64. The minimum absolute atomic E-state index is 0.0837. The molecular weight excluding hydrogens is 397 g/mol. The number of halogens is 1. The molecule has 1 unspecified atom stereocenters.